The highest BCUT2D eigenvalue weighted by Crippen LogP contribution is 2.32. The second-order valence-electron chi connectivity index (χ2n) is 5.77. The molecule has 1 N–H and O–H groups in total. The number of anilines is 1. The van der Waals surface area contributed by atoms with Gasteiger partial charge in [-0.2, -0.15) is 13.9 Å². The molecule has 148 valence electrons. The molecule has 28 heavy (non-hydrogen) atoms. The maximum absolute atomic E-state index is 13.6. The van der Waals surface area contributed by atoms with Gasteiger partial charge < -0.3 is 5.32 Å². The van der Waals surface area contributed by atoms with Crippen LogP contribution in [0.2, 0.25) is 0 Å². The Labute approximate surface area is 154 Å². The summed E-state index contributed by atoms with van der Waals surface area (Å²) in [5.41, 5.74) is -0.712. The number of benzene rings is 2. The Morgan fingerprint density at radius 1 is 0.929 bits per heavy atom. The van der Waals surface area contributed by atoms with Gasteiger partial charge in [0, 0.05) is 41.7 Å². The maximum atomic E-state index is 13.6. The van der Waals surface area contributed by atoms with Crippen molar-refractivity contribution in [2.24, 2.45) is 0 Å². The number of hydrogen-bond donors (Lipinski definition) is 1. The fourth-order valence-corrected chi connectivity index (χ4v) is 2.59. The Bertz CT molecular complexity index is 945. The van der Waals surface area contributed by atoms with E-state index in [1.54, 1.807) is 0 Å². The van der Waals surface area contributed by atoms with Crippen LogP contribution in [-0.4, -0.2) is 9.78 Å². The molecule has 1 heterocycles. The van der Waals surface area contributed by atoms with E-state index in [4.69, 9.17) is 0 Å². The van der Waals surface area contributed by atoms with Crippen LogP contribution in [0.3, 0.4) is 0 Å². The zero-order chi connectivity index (χ0) is 20.4. The van der Waals surface area contributed by atoms with E-state index in [0.717, 1.165) is 6.20 Å². The van der Waals surface area contributed by atoms with Gasteiger partial charge in [0.25, 0.3) is 6.43 Å². The summed E-state index contributed by atoms with van der Waals surface area (Å²) in [6.07, 6.45) is -2.23. The SMILES string of the molecule is Fc1cc(F)c(CNc2ccc(-c3cn(C(F)F)nc3C(F)F)cc2)c(F)c1. The van der Waals surface area contributed by atoms with Crippen LogP contribution in [0.5, 0.6) is 0 Å². The molecule has 0 unspecified atom stereocenters. The predicted molar refractivity (Wildman–Crippen MR) is 87.5 cm³/mol. The molecule has 2 aromatic carbocycles. The second kappa shape index (κ2) is 7.91. The Hall–Kier alpha value is -3.04. The summed E-state index contributed by atoms with van der Waals surface area (Å²) in [5.74, 6) is -3.15. The minimum atomic E-state index is -3.06. The van der Waals surface area contributed by atoms with E-state index in [2.05, 4.69) is 10.4 Å². The number of alkyl halides is 4. The largest absolute Gasteiger partial charge is 0.381 e. The summed E-state index contributed by atoms with van der Waals surface area (Å²) in [6, 6.07) is 6.69. The molecule has 3 nitrogen and oxygen atoms in total. The Morgan fingerprint density at radius 3 is 2.07 bits per heavy atom. The van der Waals surface area contributed by atoms with E-state index in [1.165, 1.54) is 24.3 Å². The molecule has 0 amide bonds. The average Bonchev–Trinajstić information content (AvgIpc) is 3.07. The van der Waals surface area contributed by atoms with Gasteiger partial charge in [0.2, 0.25) is 0 Å². The van der Waals surface area contributed by atoms with Crippen molar-refractivity contribution in [1.82, 2.24) is 9.78 Å². The summed E-state index contributed by atoms with van der Waals surface area (Å²) >= 11 is 0. The smallest absolute Gasteiger partial charge is 0.333 e. The fraction of sp³-hybridized carbons (Fsp3) is 0.167. The van der Waals surface area contributed by atoms with Crippen molar-refractivity contribution in [2.75, 3.05) is 5.32 Å². The van der Waals surface area contributed by atoms with Gasteiger partial charge >= 0.3 is 6.55 Å². The fourth-order valence-electron chi connectivity index (χ4n) is 2.59. The Kier molecular flexibility index (Phi) is 5.57. The van der Waals surface area contributed by atoms with Gasteiger partial charge in [0.15, 0.2) is 0 Å². The second-order valence-corrected chi connectivity index (χ2v) is 5.77. The zero-order valence-corrected chi connectivity index (χ0v) is 13.9. The van der Waals surface area contributed by atoms with Crippen LogP contribution < -0.4 is 5.32 Å². The summed E-state index contributed by atoms with van der Waals surface area (Å²) in [5, 5.41) is 5.91. The number of aromatic nitrogens is 2. The van der Waals surface area contributed by atoms with E-state index in [9.17, 15) is 30.7 Å². The summed E-state index contributed by atoms with van der Waals surface area (Å²) in [4.78, 5) is 0. The molecule has 0 radical (unpaired) electrons. The van der Waals surface area contributed by atoms with Crippen LogP contribution in [0, 0.1) is 17.5 Å². The molecule has 0 aliphatic carbocycles. The minimum absolute atomic E-state index is 0.142. The number of nitrogens with zero attached hydrogens (tertiary/aromatic N) is 2. The Morgan fingerprint density at radius 2 is 1.54 bits per heavy atom. The van der Waals surface area contributed by atoms with Crippen molar-refractivity contribution in [2.45, 2.75) is 19.5 Å². The lowest BCUT2D eigenvalue weighted by atomic mass is 10.1. The maximum Gasteiger partial charge on any atom is 0.333 e. The van der Waals surface area contributed by atoms with E-state index < -0.39 is 36.1 Å². The van der Waals surface area contributed by atoms with Crippen LogP contribution in [-0.2, 0) is 6.54 Å². The Balaban J connectivity index is 1.79. The number of hydrogen-bond acceptors (Lipinski definition) is 2. The van der Waals surface area contributed by atoms with Gasteiger partial charge in [0.05, 0.1) is 0 Å². The van der Waals surface area contributed by atoms with E-state index in [-0.39, 0.29) is 27.9 Å². The van der Waals surface area contributed by atoms with E-state index >= 15 is 0 Å². The molecule has 0 saturated carbocycles. The van der Waals surface area contributed by atoms with Crippen molar-refractivity contribution in [1.29, 1.82) is 0 Å². The standard InChI is InChI=1S/C18H12F7N3/c19-10-5-14(20)12(15(21)6-10)7-26-11-3-1-9(2-4-11)13-8-28(18(24)25)27-16(13)17(22)23/h1-6,8,17-18,26H,7H2. The molecule has 0 aliphatic rings. The lowest BCUT2D eigenvalue weighted by Crippen LogP contribution is -2.05. The zero-order valence-electron chi connectivity index (χ0n) is 13.9. The van der Waals surface area contributed by atoms with Crippen molar-refractivity contribution >= 4 is 5.69 Å². The predicted octanol–water partition coefficient (Wildman–Crippen LogP) is 5.91. The van der Waals surface area contributed by atoms with Crippen molar-refractivity contribution in [3.8, 4) is 11.1 Å². The molecule has 10 heteroatoms. The quantitative estimate of drug-likeness (QED) is 0.519. The number of halogens is 7. The third-order valence-electron chi connectivity index (χ3n) is 3.94. The highest BCUT2D eigenvalue weighted by atomic mass is 19.3. The molecule has 3 aromatic rings. The van der Waals surface area contributed by atoms with Gasteiger partial charge in [-0.25, -0.2) is 26.6 Å². The molecule has 0 atom stereocenters. The van der Waals surface area contributed by atoms with Crippen LogP contribution in [0.15, 0.2) is 42.6 Å². The lowest BCUT2D eigenvalue weighted by molar-refractivity contribution is 0.0537. The van der Waals surface area contributed by atoms with Gasteiger partial charge in [0.1, 0.15) is 23.1 Å². The lowest BCUT2D eigenvalue weighted by Gasteiger charge is -2.10. The topological polar surface area (TPSA) is 29.9 Å². The minimum Gasteiger partial charge on any atom is -0.381 e. The summed E-state index contributed by atoms with van der Waals surface area (Å²) < 4.78 is 91.8. The van der Waals surface area contributed by atoms with Crippen LogP contribution in [0.4, 0.5) is 36.4 Å². The monoisotopic (exact) mass is 403 g/mol. The first kappa shape index (κ1) is 19.7. The normalized spacial score (nSPS) is 11.5. The number of nitrogens with one attached hydrogen (secondary N) is 1. The molecule has 0 bridgehead atoms. The van der Waals surface area contributed by atoms with Gasteiger partial charge in [-0.15, -0.1) is 0 Å². The third kappa shape index (κ3) is 4.10. The van der Waals surface area contributed by atoms with Crippen LogP contribution in [0.1, 0.15) is 24.2 Å². The highest BCUT2D eigenvalue weighted by molar-refractivity contribution is 5.68. The first-order valence-electron chi connectivity index (χ1n) is 7.89. The molecular formula is C18H12F7N3. The first-order valence-corrected chi connectivity index (χ1v) is 7.89. The van der Waals surface area contributed by atoms with E-state index in [0.29, 0.717) is 17.8 Å². The van der Waals surface area contributed by atoms with Crippen molar-refractivity contribution < 1.29 is 30.7 Å². The highest BCUT2D eigenvalue weighted by Gasteiger charge is 2.22. The summed E-state index contributed by atoms with van der Waals surface area (Å²) in [6.45, 7) is -3.35. The summed E-state index contributed by atoms with van der Waals surface area (Å²) in [7, 11) is 0. The van der Waals surface area contributed by atoms with Crippen LogP contribution >= 0.6 is 0 Å². The molecule has 1 aromatic heterocycles. The van der Waals surface area contributed by atoms with Crippen LogP contribution in [0.25, 0.3) is 11.1 Å². The molecule has 0 aliphatic heterocycles. The van der Waals surface area contributed by atoms with Gasteiger partial charge in [-0.1, -0.05) is 12.1 Å². The average molecular weight is 403 g/mol. The van der Waals surface area contributed by atoms with Crippen molar-refractivity contribution in [3.63, 3.8) is 0 Å². The van der Waals surface area contributed by atoms with Crippen molar-refractivity contribution in [3.05, 3.63) is 71.3 Å². The molecule has 3 rings (SSSR count). The molecule has 0 fully saturated rings. The molecule has 0 saturated heterocycles. The molecule has 0 spiro atoms. The van der Waals surface area contributed by atoms with Gasteiger partial charge in [-0.05, 0) is 17.7 Å². The number of rotatable bonds is 6. The van der Waals surface area contributed by atoms with Gasteiger partial charge in [-0.3, -0.25) is 0 Å². The molecular weight excluding hydrogens is 391 g/mol. The first-order chi connectivity index (χ1) is 13.3. The van der Waals surface area contributed by atoms with E-state index in [1.807, 2.05) is 0 Å². The third-order valence-corrected chi connectivity index (χ3v) is 3.94.